The number of esters is 1. The second-order valence-corrected chi connectivity index (χ2v) is 5.32. The van der Waals surface area contributed by atoms with Crippen LogP contribution in [0.2, 0.25) is 0 Å². The molecular formula is C15H23NO3. The lowest BCUT2D eigenvalue weighted by molar-refractivity contribution is -0.150. The molecule has 0 spiro atoms. The summed E-state index contributed by atoms with van der Waals surface area (Å²) in [6.07, 6.45) is 7.98. The summed E-state index contributed by atoms with van der Waals surface area (Å²) in [7, 11) is 0. The van der Waals surface area contributed by atoms with Crippen LogP contribution >= 0.6 is 0 Å². The molecule has 1 heterocycles. The molecule has 0 aromatic rings. The predicted molar refractivity (Wildman–Crippen MR) is 72.5 cm³/mol. The summed E-state index contributed by atoms with van der Waals surface area (Å²) < 4.78 is 5.06. The van der Waals surface area contributed by atoms with E-state index in [-0.39, 0.29) is 17.8 Å². The summed E-state index contributed by atoms with van der Waals surface area (Å²) >= 11 is 0. The van der Waals surface area contributed by atoms with Crippen molar-refractivity contribution in [2.45, 2.75) is 45.4 Å². The molecule has 2 rings (SSSR count). The zero-order chi connectivity index (χ0) is 13.7. The number of nitrogens with zero attached hydrogens (tertiary/aromatic N) is 1. The van der Waals surface area contributed by atoms with E-state index in [1.165, 1.54) is 6.42 Å². The average Bonchev–Trinajstić information content (AvgIpc) is 2.48. The minimum atomic E-state index is -0.155. The molecule has 106 valence electrons. The number of ether oxygens (including phenoxy) is 1. The Kier molecular flexibility index (Phi) is 5.00. The van der Waals surface area contributed by atoms with Crippen LogP contribution < -0.4 is 0 Å². The lowest BCUT2D eigenvalue weighted by Gasteiger charge is -2.32. The maximum Gasteiger partial charge on any atom is 0.310 e. The van der Waals surface area contributed by atoms with Gasteiger partial charge >= 0.3 is 5.97 Å². The van der Waals surface area contributed by atoms with Crippen LogP contribution in [0.15, 0.2) is 11.6 Å². The molecule has 2 aliphatic rings. The maximum atomic E-state index is 12.4. The Morgan fingerprint density at radius 2 is 2.21 bits per heavy atom. The van der Waals surface area contributed by atoms with Gasteiger partial charge in [0.2, 0.25) is 5.91 Å². The van der Waals surface area contributed by atoms with E-state index < -0.39 is 0 Å². The predicted octanol–water partition coefficient (Wildman–Crippen LogP) is 2.29. The zero-order valence-corrected chi connectivity index (χ0v) is 11.7. The van der Waals surface area contributed by atoms with Gasteiger partial charge in [0, 0.05) is 18.7 Å². The lowest BCUT2D eigenvalue weighted by Crippen LogP contribution is -2.43. The molecule has 4 nitrogen and oxygen atoms in total. The molecule has 1 amide bonds. The Bertz CT molecular complexity index is 376. The normalized spacial score (nSPS) is 23.7. The first-order chi connectivity index (χ1) is 9.22. The van der Waals surface area contributed by atoms with Crippen LogP contribution in [0.3, 0.4) is 0 Å². The number of carbonyl (C=O) groups excluding carboxylic acids is 2. The summed E-state index contributed by atoms with van der Waals surface area (Å²) in [4.78, 5) is 26.0. The Hall–Kier alpha value is -1.32. The van der Waals surface area contributed by atoms with Gasteiger partial charge in [-0.1, -0.05) is 6.08 Å². The number of allylic oxidation sites excluding steroid dienone is 1. The van der Waals surface area contributed by atoms with E-state index in [0.717, 1.165) is 44.2 Å². The molecule has 0 bridgehead atoms. The Balaban J connectivity index is 1.94. The summed E-state index contributed by atoms with van der Waals surface area (Å²) in [5, 5.41) is 0. The first-order valence-corrected chi connectivity index (χ1v) is 7.37. The third-order valence-electron chi connectivity index (χ3n) is 3.89. The highest BCUT2D eigenvalue weighted by atomic mass is 16.5. The van der Waals surface area contributed by atoms with Crippen LogP contribution in [0.1, 0.15) is 45.4 Å². The summed E-state index contributed by atoms with van der Waals surface area (Å²) in [5.74, 6) is -0.159. The third kappa shape index (κ3) is 3.58. The van der Waals surface area contributed by atoms with Crippen molar-refractivity contribution in [3.8, 4) is 0 Å². The van der Waals surface area contributed by atoms with Crippen molar-refractivity contribution in [3.05, 3.63) is 11.6 Å². The third-order valence-corrected chi connectivity index (χ3v) is 3.89. The molecule has 4 heteroatoms. The van der Waals surface area contributed by atoms with Crippen LogP contribution in [-0.4, -0.2) is 36.5 Å². The van der Waals surface area contributed by atoms with Crippen molar-refractivity contribution in [1.82, 2.24) is 4.90 Å². The number of carbonyl (C=O) groups is 2. The van der Waals surface area contributed by atoms with Crippen LogP contribution in [0.25, 0.3) is 0 Å². The molecule has 1 aliphatic heterocycles. The van der Waals surface area contributed by atoms with Crippen LogP contribution in [0.4, 0.5) is 0 Å². The van der Waals surface area contributed by atoms with Crippen LogP contribution in [0, 0.1) is 5.92 Å². The number of hydrogen-bond acceptors (Lipinski definition) is 3. The summed E-state index contributed by atoms with van der Waals surface area (Å²) in [5.41, 5.74) is 0.941. The lowest BCUT2D eigenvalue weighted by atomic mass is 9.95. The molecule has 1 aliphatic carbocycles. The van der Waals surface area contributed by atoms with Crippen molar-refractivity contribution >= 4 is 11.9 Å². The van der Waals surface area contributed by atoms with E-state index in [1.807, 2.05) is 11.8 Å². The molecule has 1 fully saturated rings. The van der Waals surface area contributed by atoms with Crippen molar-refractivity contribution in [2.75, 3.05) is 19.7 Å². The molecule has 1 atom stereocenters. The first kappa shape index (κ1) is 14.1. The summed E-state index contributed by atoms with van der Waals surface area (Å²) in [6.45, 7) is 3.52. The van der Waals surface area contributed by atoms with Gasteiger partial charge in [-0.2, -0.15) is 0 Å². The largest absolute Gasteiger partial charge is 0.466 e. The van der Waals surface area contributed by atoms with E-state index in [9.17, 15) is 9.59 Å². The Morgan fingerprint density at radius 3 is 2.89 bits per heavy atom. The Labute approximate surface area is 114 Å². The van der Waals surface area contributed by atoms with E-state index >= 15 is 0 Å². The molecule has 0 radical (unpaired) electrons. The number of piperidine rings is 1. The molecule has 1 unspecified atom stereocenters. The number of likely N-dealkylation sites (tertiary alicyclic amines) is 1. The number of amides is 1. The second kappa shape index (κ2) is 6.73. The Morgan fingerprint density at radius 1 is 1.37 bits per heavy atom. The molecule has 19 heavy (non-hydrogen) atoms. The monoisotopic (exact) mass is 265 g/mol. The molecular weight excluding hydrogens is 242 g/mol. The van der Waals surface area contributed by atoms with Gasteiger partial charge in [0.1, 0.15) is 0 Å². The van der Waals surface area contributed by atoms with Gasteiger partial charge in [0.05, 0.1) is 12.5 Å². The fourth-order valence-corrected chi connectivity index (χ4v) is 2.85. The highest BCUT2D eigenvalue weighted by Gasteiger charge is 2.30. The molecule has 0 aromatic heterocycles. The van der Waals surface area contributed by atoms with Gasteiger partial charge in [0.15, 0.2) is 0 Å². The maximum absolute atomic E-state index is 12.4. The second-order valence-electron chi connectivity index (χ2n) is 5.32. The van der Waals surface area contributed by atoms with Gasteiger partial charge in [-0.05, 0) is 45.4 Å². The van der Waals surface area contributed by atoms with Gasteiger partial charge in [-0.3, -0.25) is 9.59 Å². The van der Waals surface area contributed by atoms with Crippen molar-refractivity contribution in [3.63, 3.8) is 0 Å². The van der Waals surface area contributed by atoms with Gasteiger partial charge in [-0.15, -0.1) is 0 Å². The SMILES string of the molecule is CCOC(=O)C1CCCN(C(=O)C2=CCCCC2)C1. The molecule has 0 N–H and O–H groups in total. The standard InChI is InChI=1S/C15H23NO3/c1-2-19-15(18)13-9-6-10-16(11-13)14(17)12-7-4-3-5-8-12/h7,13H,2-6,8-11H2,1H3. The zero-order valence-electron chi connectivity index (χ0n) is 11.7. The van der Waals surface area contributed by atoms with Gasteiger partial charge in [0.25, 0.3) is 0 Å². The smallest absolute Gasteiger partial charge is 0.310 e. The highest BCUT2D eigenvalue weighted by Crippen LogP contribution is 2.23. The highest BCUT2D eigenvalue weighted by molar-refractivity contribution is 5.94. The van der Waals surface area contributed by atoms with Gasteiger partial charge in [-0.25, -0.2) is 0 Å². The number of rotatable bonds is 3. The quantitative estimate of drug-likeness (QED) is 0.736. The van der Waals surface area contributed by atoms with Crippen molar-refractivity contribution in [2.24, 2.45) is 5.92 Å². The van der Waals surface area contributed by atoms with E-state index in [0.29, 0.717) is 13.2 Å². The molecule has 1 saturated heterocycles. The molecule has 0 saturated carbocycles. The minimum absolute atomic E-state index is 0.133. The first-order valence-electron chi connectivity index (χ1n) is 7.37. The van der Waals surface area contributed by atoms with E-state index in [2.05, 4.69) is 6.08 Å². The van der Waals surface area contributed by atoms with Crippen molar-refractivity contribution in [1.29, 1.82) is 0 Å². The van der Waals surface area contributed by atoms with Crippen LogP contribution in [-0.2, 0) is 14.3 Å². The fourth-order valence-electron chi connectivity index (χ4n) is 2.85. The topological polar surface area (TPSA) is 46.6 Å². The minimum Gasteiger partial charge on any atom is -0.466 e. The molecule has 0 aromatic carbocycles. The summed E-state index contributed by atoms with van der Waals surface area (Å²) in [6, 6.07) is 0. The van der Waals surface area contributed by atoms with Gasteiger partial charge < -0.3 is 9.64 Å². The van der Waals surface area contributed by atoms with E-state index in [4.69, 9.17) is 4.74 Å². The fraction of sp³-hybridized carbons (Fsp3) is 0.733. The average molecular weight is 265 g/mol. The number of hydrogen-bond donors (Lipinski definition) is 0. The van der Waals surface area contributed by atoms with E-state index in [1.54, 1.807) is 0 Å². The van der Waals surface area contributed by atoms with Crippen molar-refractivity contribution < 1.29 is 14.3 Å². The van der Waals surface area contributed by atoms with Crippen LogP contribution in [0.5, 0.6) is 0 Å².